The van der Waals surface area contributed by atoms with E-state index in [1.165, 1.54) is 11.1 Å². The lowest BCUT2D eigenvalue weighted by Crippen LogP contribution is -2.14. The van der Waals surface area contributed by atoms with Crippen molar-refractivity contribution in [1.29, 1.82) is 0 Å². The summed E-state index contributed by atoms with van der Waals surface area (Å²) >= 11 is 0. The first kappa shape index (κ1) is 14.8. The Labute approximate surface area is 122 Å². The Bertz CT molecular complexity index is 513. The van der Waals surface area contributed by atoms with Crippen molar-refractivity contribution in [2.24, 2.45) is 11.8 Å². The largest absolute Gasteiger partial charge is 0.388 e. The number of rotatable bonds is 5. The van der Waals surface area contributed by atoms with Gasteiger partial charge >= 0.3 is 0 Å². The van der Waals surface area contributed by atoms with Gasteiger partial charge < -0.3 is 5.11 Å². The van der Waals surface area contributed by atoms with Crippen LogP contribution in [0.25, 0.3) is 0 Å². The van der Waals surface area contributed by atoms with Crippen LogP contribution in [-0.2, 0) is 6.42 Å². The maximum absolute atomic E-state index is 10.3. The third-order valence-corrected chi connectivity index (χ3v) is 4.12. The number of aliphatic hydroxyl groups is 1. The van der Waals surface area contributed by atoms with Crippen molar-refractivity contribution in [3.63, 3.8) is 0 Å². The summed E-state index contributed by atoms with van der Waals surface area (Å²) in [5.74, 6) is 0.754. The molecule has 0 bridgehead atoms. The van der Waals surface area contributed by atoms with E-state index in [1.807, 2.05) is 6.07 Å². The quantitative estimate of drug-likeness (QED) is 0.840. The van der Waals surface area contributed by atoms with E-state index < -0.39 is 0 Å². The summed E-state index contributed by atoms with van der Waals surface area (Å²) in [6.45, 7) is 6.41. The molecule has 0 radical (unpaired) electrons. The van der Waals surface area contributed by atoms with Crippen molar-refractivity contribution in [3.8, 4) is 0 Å². The van der Waals surface area contributed by atoms with Gasteiger partial charge in [-0.1, -0.05) is 75.4 Å². The van der Waals surface area contributed by atoms with Crippen molar-refractivity contribution < 1.29 is 5.11 Å². The molecular formula is C19H24O. The highest BCUT2D eigenvalue weighted by atomic mass is 16.3. The highest BCUT2D eigenvalue weighted by Gasteiger charge is 2.19. The molecule has 1 nitrogen and oxygen atoms in total. The summed E-state index contributed by atoms with van der Waals surface area (Å²) < 4.78 is 0. The zero-order chi connectivity index (χ0) is 14.5. The van der Waals surface area contributed by atoms with Gasteiger partial charge in [0.25, 0.3) is 0 Å². The zero-order valence-corrected chi connectivity index (χ0v) is 12.6. The van der Waals surface area contributed by atoms with E-state index in [0.717, 1.165) is 12.0 Å². The van der Waals surface area contributed by atoms with Gasteiger partial charge in [-0.3, -0.25) is 0 Å². The Morgan fingerprint density at radius 1 is 0.800 bits per heavy atom. The van der Waals surface area contributed by atoms with Gasteiger partial charge in [0.05, 0.1) is 6.10 Å². The molecule has 0 aliphatic heterocycles. The molecule has 0 aliphatic carbocycles. The molecule has 2 atom stereocenters. The lowest BCUT2D eigenvalue weighted by molar-refractivity contribution is 0.0921. The van der Waals surface area contributed by atoms with Crippen LogP contribution in [0.15, 0.2) is 54.6 Å². The third kappa shape index (κ3) is 3.71. The maximum Gasteiger partial charge on any atom is 0.0818 e. The average Bonchev–Trinajstić information content (AvgIpc) is 2.47. The van der Waals surface area contributed by atoms with Crippen LogP contribution < -0.4 is 0 Å². The predicted molar refractivity (Wildman–Crippen MR) is 84.7 cm³/mol. The second kappa shape index (κ2) is 6.71. The minimum atomic E-state index is -0.374. The maximum atomic E-state index is 10.3. The molecule has 0 spiro atoms. The third-order valence-electron chi connectivity index (χ3n) is 4.12. The number of hydrogen-bond donors (Lipinski definition) is 1. The molecule has 106 valence electrons. The molecule has 0 saturated heterocycles. The van der Waals surface area contributed by atoms with Crippen LogP contribution in [0.5, 0.6) is 0 Å². The lowest BCUT2D eigenvalue weighted by atomic mass is 9.88. The molecule has 2 aromatic rings. The van der Waals surface area contributed by atoms with E-state index >= 15 is 0 Å². The summed E-state index contributed by atoms with van der Waals surface area (Å²) in [5, 5.41) is 10.3. The van der Waals surface area contributed by atoms with Gasteiger partial charge in [0, 0.05) is 0 Å². The molecule has 2 aromatic carbocycles. The first-order chi connectivity index (χ1) is 9.58. The van der Waals surface area contributed by atoms with Gasteiger partial charge in [-0.25, -0.2) is 0 Å². The van der Waals surface area contributed by atoms with Crippen molar-refractivity contribution in [2.75, 3.05) is 0 Å². The van der Waals surface area contributed by atoms with E-state index in [9.17, 15) is 5.11 Å². The van der Waals surface area contributed by atoms with Crippen LogP contribution in [-0.4, -0.2) is 5.11 Å². The second-order valence-corrected chi connectivity index (χ2v) is 5.95. The molecule has 1 heteroatoms. The van der Waals surface area contributed by atoms with Crippen LogP contribution >= 0.6 is 0 Å². The Hall–Kier alpha value is -1.60. The van der Waals surface area contributed by atoms with E-state index in [-0.39, 0.29) is 12.0 Å². The monoisotopic (exact) mass is 268 g/mol. The summed E-state index contributed by atoms with van der Waals surface area (Å²) in [6, 6.07) is 18.8. The van der Waals surface area contributed by atoms with Crippen LogP contribution in [0.2, 0.25) is 0 Å². The first-order valence-corrected chi connectivity index (χ1v) is 7.38. The molecule has 0 amide bonds. The van der Waals surface area contributed by atoms with Gasteiger partial charge in [-0.2, -0.15) is 0 Å². The molecule has 2 rings (SSSR count). The molecule has 0 aromatic heterocycles. The second-order valence-electron chi connectivity index (χ2n) is 5.95. The molecule has 0 heterocycles. The summed E-state index contributed by atoms with van der Waals surface area (Å²) in [6.07, 6.45) is 0.567. The van der Waals surface area contributed by atoms with E-state index in [1.54, 1.807) is 0 Å². The number of benzene rings is 2. The van der Waals surface area contributed by atoms with Gasteiger partial charge in [-0.05, 0) is 34.9 Å². The predicted octanol–water partition coefficient (Wildman–Crippen LogP) is 4.60. The van der Waals surface area contributed by atoms with Crippen LogP contribution in [0.1, 0.15) is 43.6 Å². The van der Waals surface area contributed by atoms with Crippen LogP contribution in [0, 0.1) is 11.8 Å². The van der Waals surface area contributed by atoms with E-state index in [0.29, 0.717) is 5.92 Å². The standard InChI is InChI=1S/C19H24O/c1-14(2)15(3)19(20)18-11-9-17(10-12-18)13-16-7-5-4-6-8-16/h4-12,14-15,19-20H,13H2,1-3H3. The molecule has 2 unspecified atom stereocenters. The van der Waals surface area contributed by atoms with Crippen molar-refractivity contribution >= 4 is 0 Å². The lowest BCUT2D eigenvalue weighted by Gasteiger charge is -2.22. The minimum absolute atomic E-state index is 0.273. The Morgan fingerprint density at radius 3 is 1.90 bits per heavy atom. The first-order valence-electron chi connectivity index (χ1n) is 7.38. The summed E-state index contributed by atoms with van der Waals surface area (Å²) in [5.41, 5.74) is 3.61. The Morgan fingerprint density at radius 2 is 1.35 bits per heavy atom. The van der Waals surface area contributed by atoms with Gasteiger partial charge in [0.15, 0.2) is 0 Å². The van der Waals surface area contributed by atoms with Crippen molar-refractivity contribution in [3.05, 3.63) is 71.3 Å². The van der Waals surface area contributed by atoms with E-state index in [4.69, 9.17) is 0 Å². The van der Waals surface area contributed by atoms with E-state index in [2.05, 4.69) is 69.3 Å². The molecule has 20 heavy (non-hydrogen) atoms. The molecule has 0 aliphatic rings. The average molecular weight is 268 g/mol. The normalized spacial score (nSPS) is 14.2. The van der Waals surface area contributed by atoms with Gasteiger partial charge in [0.2, 0.25) is 0 Å². The van der Waals surface area contributed by atoms with Crippen molar-refractivity contribution in [1.82, 2.24) is 0 Å². The highest BCUT2D eigenvalue weighted by molar-refractivity contribution is 5.29. The fourth-order valence-electron chi connectivity index (χ4n) is 2.33. The topological polar surface area (TPSA) is 20.2 Å². The SMILES string of the molecule is CC(C)C(C)C(O)c1ccc(Cc2ccccc2)cc1. The molecule has 0 fully saturated rings. The summed E-state index contributed by atoms with van der Waals surface area (Å²) in [4.78, 5) is 0. The van der Waals surface area contributed by atoms with Gasteiger partial charge in [-0.15, -0.1) is 0 Å². The van der Waals surface area contributed by atoms with Crippen LogP contribution in [0.3, 0.4) is 0 Å². The molecular weight excluding hydrogens is 244 g/mol. The number of aliphatic hydroxyl groups excluding tert-OH is 1. The zero-order valence-electron chi connectivity index (χ0n) is 12.6. The van der Waals surface area contributed by atoms with Gasteiger partial charge in [0.1, 0.15) is 0 Å². The number of hydrogen-bond acceptors (Lipinski definition) is 1. The molecule has 0 saturated carbocycles. The minimum Gasteiger partial charge on any atom is -0.388 e. The van der Waals surface area contributed by atoms with Crippen LogP contribution in [0.4, 0.5) is 0 Å². The summed E-state index contributed by atoms with van der Waals surface area (Å²) in [7, 11) is 0. The fraction of sp³-hybridized carbons (Fsp3) is 0.368. The highest BCUT2D eigenvalue weighted by Crippen LogP contribution is 2.27. The Kier molecular flexibility index (Phi) is 4.97. The smallest absolute Gasteiger partial charge is 0.0818 e. The van der Waals surface area contributed by atoms with Crippen molar-refractivity contribution in [2.45, 2.75) is 33.3 Å². The fourth-order valence-corrected chi connectivity index (χ4v) is 2.33. The molecule has 1 N–H and O–H groups in total. The Balaban J connectivity index is 2.06.